The second-order valence-corrected chi connectivity index (χ2v) is 4.49. The van der Waals surface area contributed by atoms with Crippen LogP contribution in [0.5, 0.6) is 5.75 Å². The number of hydrogen-bond acceptors (Lipinski definition) is 3. The molecule has 0 saturated carbocycles. The van der Waals surface area contributed by atoms with Crippen molar-refractivity contribution in [2.24, 2.45) is 5.92 Å². The monoisotopic (exact) mass is 250 g/mol. The van der Waals surface area contributed by atoms with Crippen molar-refractivity contribution in [1.82, 2.24) is 10.6 Å². The third-order valence-corrected chi connectivity index (χ3v) is 2.73. The van der Waals surface area contributed by atoms with E-state index in [1.807, 2.05) is 12.1 Å². The molecule has 0 saturated heterocycles. The Morgan fingerprint density at radius 2 is 2.00 bits per heavy atom. The summed E-state index contributed by atoms with van der Waals surface area (Å²) in [7, 11) is 3.43. The number of hydrogen-bond donors (Lipinski definition) is 2. The molecule has 0 radical (unpaired) electrons. The van der Waals surface area contributed by atoms with E-state index in [0.29, 0.717) is 19.0 Å². The van der Waals surface area contributed by atoms with Crippen LogP contribution in [-0.4, -0.2) is 33.2 Å². The lowest BCUT2D eigenvalue weighted by atomic mass is 10.0. The summed E-state index contributed by atoms with van der Waals surface area (Å²) >= 11 is 0. The summed E-state index contributed by atoms with van der Waals surface area (Å²) in [5, 5.41) is 5.73. The van der Waals surface area contributed by atoms with Gasteiger partial charge in [-0.1, -0.05) is 19.1 Å². The zero-order valence-corrected chi connectivity index (χ0v) is 11.3. The SMILES string of the molecule is CNCC(=O)NCC(C)Cc1ccc(OC)cc1. The van der Waals surface area contributed by atoms with Gasteiger partial charge in [0.05, 0.1) is 13.7 Å². The Kier molecular flexibility index (Phi) is 6.22. The van der Waals surface area contributed by atoms with Crippen LogP contribution in [0.3, 0.4) is 0 Å². The smallest absolute Gasteiger partial charge is 0.233 e. The maximum Gasteiger partial charge on any atom is 0.233 e. The molecule has 0 bridgehead atoms. The van der Waals surface area contributed by atoms with E-state index >= 15 is 0 Å². The van der Waals surface area contributed by atoms with Gasteiger partial charge in [-0.05, 0) is 37.1 Å². The maximum atomic E-state index is 11.3. The van der Waals surface area contributed by atoms with E-state index in [0.717, 1.165) is 12.2 Å². The minimum atomic E-state index is 0.0408. The molecule has 0 spiro atoms. The topological polar surface area (TPSA) is 50.4 Å². The van der Waals surface area contributed by atoms with Crippen LogP contribution >= 0.6 is 0 Å². The molecular weight excluding hydrogens is 228 g/mol. The van der Waals surface area contributed by atoms with E-state index in [1.54, 1.807) is 14.2 Å². The summed E-state index contributed by atoms with van der Waals surface area (Å²) in [6.45, 7) is 3.20. The second-order valence-electron chi connectivity index (χ2n) is 4.49. The first-order chi connectivity index (χ1) is 8.65. The van der Waals surface area contributed by atoms with Crippen molar-refractivity contribution in [1.29, 1.82) is 0 Å². The molecule has 2 N–H and O–H groups in total. The van der Waals surface area contributed by atoms with Crippen LogP contribution in [0.1, 0.15) is 12.5 Å². The number of methoxy groups -OCH3 is 1. The molecule has 0 aliphatic carbocycles. The highest BCUT2D eigenvalue weighted by Crippen LogP contribution is 2.14. The number of rotatable bonds is 7. The van der Waals surface area contributed by atoms with Crippen molar-refractivity contribution in [2.75, 3.05) is 27.2 Å². The quantitative estimate of drug-likeness (QED) is 0.765. The summed E-state index contributed by atoms with van der Waals surface area (Å²) in [6, 6.07) is 8.04. The number of benzene rings is 1. The molecular formula is C14H22N2O2. The van der Waals surface area contributed by atoms with Crippen molar-refractivity contribution in [3.8, 4) is 5.75 Å². The van der Waals surface area contributed by atoms with Crippen LogP contribution in [-0.2, 0) is 11.2 Å². The molecule has 1 aromatic rings. The molecule has 1 atom stereocenters. The van der Waals surface area contributed by atoms with Gasteiger partial charge in [-0.15, -0.1) is 0 Å². The molecule has 18 heavy (non-hydrogen) atoms. The molecule has 1 unspecified atom stereocenters. The number of carbonyl (C=O) groups is 1. The fraction of sp³-hybridized carbons (Fsp3) is 0.500. The Labute approximate surface area is 109 Å². The van der Waals surface area contributed by atoms with Crippen LogP contribution in [0.15, 0.2) is 24.3 Å². The fourth-order valence-electron chi connectivity index (χ4n) is 1.75. The molecule has 0 aliphatic heterocycles. The summed E-state index contributed by atoms with van der Waals surface area (Å²) < 4.78 is 5.12. The molecule has 1 aromatic carbocycles. The van der Waals surface area contributed by atoms with Gasteiger partial charge in [0.1, 0.15) is 5.75 Å². The van der Waals surface area contributed by atoms with Crippen LogP contribution in [0, 0.1) is 5.92 Å². The number of likely N-dealkylation sites (N-methyl/N-ethyl adjacent to an activating group) is 1. The first-order valence-electron chi connectivity index (χ1n) is 6.20. The minimum absolute atomic E-state index is 0.0408. The third-order valence-electron chi connectivity index (χ3n) is 2.73. The maximum absolute atomic E-state index is 11.3. The van der Waals surface area contributed by atoms with Gasteiger partial charge < -0.3 is 15.4 Å². The molecule has 4 heteroatoms. The number of ether oxygens (including phenoxy) is 1. The summed E-state index contributed by atoms with van der Waals surface area (Å²) in [5.41, 5.74) is 1.26. The average Bonchev–Trinajstić information content (AvgIpc) is 2.38. The molecule has 100 valence electrons. The van der Waals surface area contributed by atoms with Crippen LogP contribution in [0.2, 0.25) is 0 Å². The molecule has 0 aliphatic rings. The molecule has 0 heterocycles. The van der Waals surface area contributed by atoms with Crippen molar-refractivity contribution >= 4 is 5.91 Å². The Bertz CT molecular complexity index is 363. The molecule has 1 rings (SSSR count). The van der Waals surface area contributed by atoms with Crippen LogP contribution in [0.25, 0.3) is 0 Å². The van der Waals surface area contributed by atoms with Gasteiger partial charge in [0, 0.05) is 6.54 Å². The fourth-order valence-corrected chi connectivity index (χ4v) is 1.75. The Morgan fingerprint density at radius 1 is 1.33 bits per heavy atom. The standard InChI is InChI=1S/C14H22N2O2/c1-11(9-16-14(17)10-15-2)8-12-4-6-13(18-3)7-5-12/h4-7,11,15H,8-10H2,1-3H3,(H,16,17). The predicted molar refractivity (Wildman–Crippen MR) is 72.8 cm³/mol. The van der Waals surface area contributed by atoms with Gasteiger partial charge in [-0.3, -0.25) is 4.79 Å². The molecule has 0 aromatic heterocycles. The van der Waals surface area contributed by atoms with E-state index in [-0.39, 0.29) is 5.91 Å². The normalized spacial score (nSPS) is 11.9. The third kappa shape index (κ3) is 5.19. The number of amides is 1. The van der Waals surface area contributed by atoms with Gasteiger partial charge >= 0.3 is 0 Å². The lowest BCUT2D eigenvalue weighted by molar-refractivity contribution is -0.120. The van der Waals surface area contributed by atoms with E-state index in [9.17, 15) is 4.79 Å². The minimum Gasteiger partial charge on any atom is -0.497 e. The van der Waals surface area contributed by atoms with Gasteiger partial charge in [-0.2, -0.15) is 0 Å². The van der Waals surface area contributed by atoms with E-state index in [2.05, 4.69) is 29.7 Å². The second kappa shape index (κ2) is 7.71. The van der Waals surface area contributed by atoms with Crippen molar-refractivity contribution in [2.45, 2.75) is 13.3 Å². The van der Waals surface area contributed by atoms with E-state index in [4.69, 9.17) is 4.74 Å². The Balaban J connectivity index is 2.34. The van der Waals surface area contributed by atoms with Crippen LogP contribution in [0.4, 0.5) is 0 Å². The lowest BCUT2D eigenvalue weighted by Gasteiger charge is -2.13. The zero-order chi connectivity index (χ0) is 13.4. The summed E-state index contributed by atoms with van der Waals surface area (Å²) in [5.74, 6) is 1.33. The van der Waals surface area contributed by atoms with E-state index in [1.165, 1.54) is 5.56 Å². The van der Waals surface area contributed by atoms with Crippen molar-refractivity contribution < 1.29 is 9.53 Å². The van der Waals surface area contributed by atoms with Gasteiger partial charge in [0.25, 0.3) is 0 Å². The number of carbonyl (C=O) groups excluding carboxylic acids is 1. The van der Waals surface area contributed by atoms with Crippen molar-refractivity contribution in [3.63, 3.8) is 0 Å². The summed E-state index contributed by atoms with van der Waals surface area (Å²) in [6.07, 6.45) is 0.948. The first-order valence-corrected chi connectivity index (χ1v) is 6.20. The Hall–Kier alpha value is -1.55. The zero-order valence-electron chi connectivity index (χ0n) is 11.3. The molecule has 1 amide bonds. The van der Waals surface area contributed by atoms with E-state index < -0.39 is 0 Å². The highest BCUT2D eigenvalue weighted by atomic mass is 16.5. The van der Waals surface area contributed by atoms with Gasteiger partial charge in [-0.25, -0.2) is 0 Å². The van der Waals surface area contributed by atoms with Gasteiger partial charge in [0.15, 0.2) is 0 Å². The molecule has 0 fully saturated rings. The summed E-state index contributed by atoms with van der Waals surface area (Å²) in [4.78, 5) is 11.3. The largest absolute Gasteiger partial charge is 0.497 e. The van der Waals surface area contributed by atoms with Crippen molar-refractivity contribution in [3.05, 3.63) is 29.8 Å². The van der Waals surface area contributed by atoms with Crippen LogP contribution < -0.4 is 15.4 Å². The van der Waals surface area contributed by atoms with Gasteiger partial charge in [0.2, 0.25) is 5.91 Å². The Morgan fingerprint density at radius 3 is 2.56 bits per heavy atom. The molecule has 4 nitrogen and oxygen atoms in total. The predicted octanol–water partition coefficient (Wildman–Crippen LogP) is 1.21. The average molecular weight is 250 g/mol. The highest BCUT2D eigenvalue weighted by Gasteiger charge is 2.06. The highest BCUT2D eigenvalue weighted by molar-refractivity contribution is 5.77. The lowest BCUT2D eigenvalue weighted by Crippen LogP contribution is -2.35. The first kappa shape index (κ1) is 14.5. The number of nitrogens with one attached hydrogen (secondary N) is 2.